The van der Waals surface area contributed by atoms with Gasteiger partial charge in [0.1, 0.15) is 17.2 Å². The Bertz CT molecular complexity index is 958. The van der Waals surface area contributed by atoms with Gasteiger partial charge in [0.15, 0.2) is 0 Å². The van der Waals surface area contributed by atoms with Crippen LogP contribution in [-0.4, -0.2) is 38.8 Å². The minimum atomic E-state index is -0.500. The Labute approximate surface area is 155 Å². The largest absolute Gasteiger partial charge is 0.506 e. The van der Waals surface area contributed by atoms with Crippen LogP contribution >= 0.6 is 0 Å². The van der Waals surface area contributed by atoms with Crippen LogP contribution in [0.1, 0.15) is 23.0 Å². The van der Waals surface area contributed by atoms with Gasteiger partial charge in [0.25, 0.3) is 5.91 Å². The van der Waals surface area contributed by atoms with Crippen molar-refractivity contribution in [3.63, 3.8) is 0 Å². The predicted molar refractivity (Wildman–Crippen MR) is 99.6 cm³/mol. The zero-order valence-corrected chi connectivity index (χ0v) is 14.5. The van der Waals surface area contributed by atoms with Gasteiger partial charge in [-0.25, -0.2) is 10.4 Å². The van der Waals surface area contributed by atoms with Crippen LogP contribution in [0.4, 0.5) is 0 Å². The number of rotatable bonds is 6. The summed E-state index contributed by atoms with van der Waals surface area (Å²) in [5, 5.41) is 13.2. The molecule has 136 valence electrons. The fourth-order valence-corrected chi connectivity index (χ4v) is 2.24. The summed E-state index contributed by atoms with van der Waals surface area (Å²) >= 11 is 0. The highest BCUT2D eigenvalue weighted by atomic mass is 16.5. The fourth-order valence-electron chi connectivity index (χ4n) is 2.24. The summed E-state index contributed by atoms with van der Waals surface area (Å²) in [6.45, 7) is 2.51. The summed E-state index contributed by atoms with van der Waals surface area (Å²) in [6.07, 6.45) is 7.11. The molecule has 27 heavy (non-hydrogen) atoms. The van der Waals surface area contributed by atoms with E-state index in [1.807, 2.05) is 31.2 Å². The Balaban J connectivity index is 1.70. The van der Waals surface area contributed by atoms with E-state index >= 15 is 0 Å². The van der Waals surface area contributed by atoms with E-state index in [2.05, 4.69) is 25.5 Å². The van der Waals surface area contributed by atoms with E-state index in [0.717, 1.165) is 11.3 Å². The third kappa shape index (κ3) is 4.85. The van der Waals surface area contributed by atoms with Crippen LogP contribution < -0.4 is 10.2 Å². The van der Waals surface area contributed by atoms with E-state index in [-0.39, 0.29) is 11.4 Å². The molecule has 0 saturated carbocycles. The topological polar surface area (TPSA) is 110 Å². The van der Waals surface area contributed by atoms with Gasteiger partial charge >= 0.3 is 0 Å². The Morgan fingerprint density at radius 1 is 1.19 bits per heavy atom. The number of hydrazone groups is 1. The van der Waals surface area contributed by atoms with Gasteiger partial charge in [-0.05, 0) is 37.3 Å². The normalized spacial score (nSPS) is 10.7. The molecule has 0 spiro atoms. The Kier molecular flexibility index (Phi) is 5.68. The number of pyridine rings is 1. The second-order valence-corrected chi connectivity index (χ2v) is 5.42. The lowest BCUT2D eigenvalue weighted by molar-refractivity contribution is 0.0950. The summed E-state index contributed by atoms with van der Waals surface area (Å²) in [7, 11) is 0. The van der Waals surface area contributed by atoms with Gasteiger partial charge in [-0.3, -0.25) is 14.8 Å². The SMILES string of the molecule is CCOc1ccc(-c2cncc(C(=O)N/N=C/c3cncc(O)c3)n2)cc1. The molecule has 2 heterocycles. The first-order valence-corrected chi connectivity index (χ1v) is 8.18. The van der Waals surface area contributed by atoms with Gasteiger partial charge in [-0.1, -0.05) is 0 Å². The number of benzene rings is 1. The minimum Gasteiger partial charge on any atom is -0.506 e. The van der Waals surface area contributed by atoms with Crippen LogP contribution in [-0.2, 0) is 0 Å². The highest BCUT2D eigenvalue weighted by Crippen LogP contribution is 2.20. The molecule has 1 amide bonds. The maximum atomic E-state index is 12.2. The Morgan fingerprint density at radius 2 is 1.96 bits per heavy atom. The van der Waals surface area contributed by atoms with Gasteiger partial charge in [0, 0.05) is 17.3 Å². The van der Waals surface area contributed by atoms with Crippen molar-refractivity contribution in [2.24, 2.45) is 5.10 Å². The monoisotopic (exact) mass is 363 g/mol. The van der Waals surface area contributed by atoms with E-state index in [9.17, 15) is 9.90 Å². The van der Waals surface area contributed by atoms with Crippen molar-refractivity contribution >= 4 is 12.1 Å². The fraction of sp³-hybridized carbons (Fsp3) is 0.105. The molecule has 0 unspecified atom stereocenters. The Hall–Kier alpha value is -3.81. The summed E-state index contributed by atoms with van der Waals surface area (Å²) < 4.78 is 5.41. The lowest BCUT2D eigenvalue weighted by atomic mass is 10.1. The quantitative estimate of drug-likeness (QED) is 0.514. The molecular formula is C19H17N5O3. The van der Waals surface area contributed by atoms with Crippen molar-refractivity contribution in [1.82, 2.24) is 20.4 Å². The van der Waals surface area contributed by atoms with E-state index in [4.69, 9.17) is 4.74 Å². The molecule has 3 aromatic rings. The Morgan fingerprint density at radius 3 is 2.70 bits per heavy atom. The van der Waals surface area contributed by atoms with Gasteiger partial charge in [-0.15, -0.1) is 0 Å². The van der Waals surface area contributed by atoms with Gasteiger partial charge < -0.3 is 9.84 Å². The van der Waals surface area contributed by atoms with Crippen LogP contribution in [0.15, 0.2) is 60.2 Å². The lowest BCUT2D eigenvalue weighted by Crippen LogP contribution is -2.19. The molecule has 0 radical (unpaired) electrons. The standard InChI is InChI=1S/C19H17N5O3/c1-2-27-16-5-3-14(4-6-16)17-11-21-12-18(23-17)19(26)24-22-9-13-7-15(25)10-20-8-13/h3-12,25H,2H2,1H3,(H,24,26)/b22-9+. The number of aromatic hydroxyl groups is 1. The van der Waals surface area contributed by atoms with E-state index < -0.39 is 5.91 Å². The van der Waals surface area contributed by atoms with Crippen LogP contribution in [0.2, 0.25) is 0 Å². The van der Waals surface area contributed by atoms with Crippen molar-refractivity contribution in [3.8, 4) is 22.8 Å². The number of aromatic nitrogens is 3. The van der Waals surface area contributed by atoms with Crippen molar-refractivity contribution < 1.29 is 14.6 Å². The number of amides is 1. The average Bonchev–Trinajstić information content (AvgIpc) is 2.69. The van der Waals surface area contributed by atoms with E-state index in [1.165, 1.54) is 30.9 Å². The minimum absolute atomic E-state index is 0.0131. The number of ether oxygens (including phenoxy) is 1. The zero-order valence-electron chi connectivity index (χ0n) is 14.5. The summed E-state index contributed by atoms with van der Waals surface area (Å²) in [5.41, 5.74) is 4.42. The highest BCUT2D eigenvalue weighted by molar-refractivity contribution is 5.93. The average molecular weight is 363 g/mol. The summed E-state index contributed by atoms with van der Waals surface area (Å²) in [5.74, 6) is 0.276. The maximum Gasteiger partial charge on any atom is 0.291 e. The molecule has 0 aliphatic heterocycles. The smallest absolute Gasteiger partial charge is 0.291 e. The highest BCUT2D eigenvalue weighted by Gasteiger charge is 2.09. The second-order valence-electron chi connectivity index (χ2n) is 5.42. The number of carbonyl (C=O) groups excluding carboxylic acids is 1. The van der Waals surface area contributed by atoms with Gasteiger partial charge in [0.2, 0.25) is 0 Å². The van der Waals surface area contributed by atoms with Crippen molar-refractivity contribution in [1.29, 1.82) is 0 Å². The molecule has 2 aromatic heterocycles. The first-order valence-electron chi connectivity index (χ1n) is 8.18. The number of hydrogen-bond donors (Lipinski definition) is 2. The third-order valence-electron chi connectivity index (χ3n) is 3.45. The molecule has 2 N–H and O–H groups in total. The second kappa shape index (κ2) is 8.52. The van der Waals surface area contributed by atoms with Crippen LogP contribution in [0, 0.1) is 0 Å². The van der Waals surface area contributed by atoms with Crippen LogP contribution in [0.3, 0.4) is 0 Å². The van der Waals surface area contributed by atoms with E-state index in [1.54, 1.807) is 6.20 Å². The summed E-state index contributed by atoms with van der Waals surface area (Å²) in [6, 6.07) is 8.84. The molecule has 0 saturated heterocycles. The van der Waals surface area contributed by atoms with Gasteiger partial charge in [0.05, 0.1) is 37.1 Å². The third-order valence-corrected chi connectivity index (χ3v) is 3.45. The van der Waals surface area contributed by atoms with Crippen molar-refractivity contribution in [2.75, 3.05) is 6.61 Å². The summed E-state index contributed by atoms with van der Waals surface area (Å²) in [4.78, 5) is 24.4. The molecule has 3 rings (SSSR count). The molecule has 0 aliphatic carbocycles. The van der Waals surface area contributed by atoms with Crippen molar-refractivity contribution in [3.05, 3.63) is 66.4 Å². The molecule has 8 heteroatoms. The maximum absolute atomic E-state index is 12.2. The van der Waals surface area contributed by atoms with Crippen molar-refractivity contribution in [2.45, 2.75) is 6.92 Å². The lowest BCUT2D eigenvalue weighted by Gasteiger charge is -2.05. The molecule has 0 bridgehead atoms. The first kappa shape index (κ1) is 18.0. The number of hydrogen-bond acceptors (Lipinski definition) is 7. The van der Waals surface area contributed by atoms with E-state index in [0.29, 0.717) is 17.9 Å². The molecule has 8 nitrogen and oxygen atoms in total. The molecule has 0 aliphatic rings. The molecule has 0 fully saturated rings. The van der Waals surface area contributed by atoms with Crippen LogP contribution in [0.5, 0.6) is 11.5 Å². The zero-order chi connectivity index (χ0) is 19.1. The molecule has 0 atom stereocenters. The number of carbonyl (C=O) groups is 1. The van der Waals surface area contributed by atoms with Gasteiger partial charge in [-0.2, -0.15) is 5.10 Å². The predicted octanol–water partition coefficient (Wildman–Crippen LogP) is 2.41. The molecule has 1 aromatic carbocycles. The first-order chi connectivity index (χ1) is 13.2. The molecular weight excluding hydrogens is 346 g/mol. The number of nitrogens with one attached hydrogen (secondary N) is 1. The number of nitrogens with zero attached hydrogens (tertiary/aromatic N) is 4. The van der Waals surface area contributed by atoms with Crippen LogP contribution in [0.25, 0.3) is 11.3 Å².